The van der Waals surface area contributed by atoms with Gasteiger partial charge in [0.2, 0.25) is 0 Å². The third kappa shape index (κ3) is 4.52. The van der Waals surface area contributed by atoms with Gasteiger partial charge in [-0.15, -0.1) is 0 Å². The normalized spacial score (nSPS) is 25.9. The van der Waals surface area contributed by atoms with E-state index in [1.807, 2.05) is 0 Å². The van der Waals surface area contributed by atoms with Crippen LogP contribution in [0, 0.1) is 11.8 Å². The summed E-state index contributed by atoms with van der Waals surface area (Å²) in [5.74, 6) is 1.06. The summed E-state index contributed by atoms with van der Waals surface area (Å²) in [7, 11) is 0. The lowest BCUT2D eigenvalue weighted by atomic mass is 9.92. The molecule has 1 saturated carbocycles. The minimum Gasteiger partial charge on any atom is -0.490 e. The van der Waals surface area contributed by atoms with Crippen molar-refractivity contribution in [3.63, 3.8) is 0 Å². The number of halogens is 3. The summed E-state index contributed by atoms with van der Waals surface area (Å²) in [6, 6.07) is 11.7. The minimum atomic E-state index is -4.36. The highest BCUT2D eigenvalue weighted by Crippen LogP contribution is 2.40. The number of urea groups is 1. The Morgan fingerprint density at radius 3 is 2.15 bits per heavy atom. The average Bonchev–Trinajstić information content (AvgIpc) is 3.31. The standard InChI is InChI=1S/C24H25F3N2O4/c25-24(26,27)18-3-7-20(8-4-18)33-21-9-15-11-29(12-16(15)10-21)22(30)28-19-5-1-17(2-6-19)23(31)13-32-14-23/h1-8,15-16,21,31H,9-14H2,(H,28,30). The number of rotatable bonds is 4. The molecule has 2 aromatic rings. The zero-order valence-corrected chi connectivity index (χ0v) is 17.8. The van der Waals surface area contributed by atoms with E-state index in [9.17, 15) is 23.1 Å². The van der Waals surface area contributed by atoms with Crippen molar-refractivity contribution in [1.82, 2.24) is 4.90 Å². The first-order chi connectivity index (χ1) is 15.7. The van der Waals surface area contributed by atoms with Crippen molar-refractivity contribution in [2.45, 2.75) is 30.7 Å². The van der Waals surface area contributed by atoms with E-state index in [4.69, 9.17) is 9.47 Å². The van der Waals surface area contributed by atoms with E-state index >= 15 is 0 Å². The Morgan fingerprint density at radius 1 is 1.03 bits per heavy atom. The molecule has 0 spiro atoms. The van der Waals surface area contributed by atoms with Crippen LogP contribution in [-0.4, -0.2) is 48.4 Å². The number of anilines is 1. The number of nitrogens with one attached hydrogen (secondary N) is 1. The lowest BCUT2D eigenvalue weighted by molar-refractivity contribution is -0.184. The first-order valence-corrected chi connectivity index (χ1v) is 11.0. The van der Waals surface area contributed by atoms with Crippen LogP contribution in [0.25, 0.3) is 0 Å². The van der Waals surface area contributed by atoms with E-state index in [2.05, 4.69) is 5.32 Å². The summed E-state index contributed by atoms with van der Waals surface area (Å²) in [6.07, 6.45) is -2.88. The fourth-order valence-corrected chi connectivity index (χ4v) is 4.95. The molecule has 2 atom stereocenters. The van der Waals surface area contributed by atoms with Crippen molar-refractivity contribution < 1.29 is 32.5 Å². The number of likely N-dealkylation sites (tertiary alicyclic amines) is 1. The Hall–Kier alpha value is -2.78. The van der Waals surface area contributed by atoms with Gasteiger partial charge in [-0.1, -0.05) is 12.1 Å². The first-order valence-electron chi connectivity index (χ1n) is 11.0. The number of aliphatic hydroxyl groups is 1. The van der Waals surface area contributed by atoms with E-state index in [0.717, 1.165) is 30.5 Å². The van der Waals surface area contributed by atoms with Crippen LogP contribution in [-0.2, 0) is 16.5 Å². The maximum atomic E-state index is 12.7. The zero-order chi connectivity index (χ0) is 23.2. The number of fused-ring (bicyclic) bond motifs is 1. The smallest absolute Gasteiger partial charge is 0.416 e. The van der Waals surface area contributed by atoms with Crippen LogP contribution in [0.3, 0.4) is 0 Å². The van der Waals surface area contributed by atoms with Gasteiger partial charge in [-0.2, -0.15) is 13.2 Å². The highest BCUT2D eigenvalue weighted by Gasteiger charge is 2.43. The van der Waals surface area contributed by atoms with Crippen LogP contribution in [0.2, 0.25) is 0 Å². The molecular weight excluding hydrogens is 437 g/mol. The van der Waals surface area contributed by atoms with E-state index in [0.29, 0.717) is 36.4 Å². The molecular formula is C24H25F3N2O4. The molecule has 0 radical (unpaired) electrons. The fourth-order valence-electron chi connectivity index (χ4n) is 4.95. The number of ether oxygens (including phenoxy) is 2. The maximum Gasteiger partial charge on any atom is 0.416 e. The Bertz CT molecular complexity index is 992. The van der Waals surface area contributed by atoms with Crippen LogP contribution < -0.4 is 10.1 Å². The molecule has 176 valence electrons. The van der Waals surface area contributed by atoms with E-state index in [-0.39, 0.29) is 25.3 Å². The van der Waals surface area contributed by atoms with Crippen molar-refractivity contribution in [1.29, 1.82) is 0 Å². The van der Waals surface area contributed by atoms with Crippen LogP contribution in [0.15, 0.2) is 48.5 Å². The highest BCUT2D eigenvalue weighted by atomic mass is 19.4. The lowest BCUT2D eigenvalue weighted by Gasteiger charge is -2.36. The summed E-state index contributed by atoms with van der Waals surface area (Å²) >= 11 is 0. The maximum absolute atomic E-state index is 12.7. The van der Waals surface area contributed by atoms with E-state index < -0.39 is 17.3 Å². The zero-order valence-electron chi connectivity index (χ0n) is 17.8. The van der Waals surface area contributed by atoms with Crippen molar-refractivity contribution in [2.75, 3.05) is 31.6 Å². The summed E-state index contributed by atoms with van der Waals surface area (Å²) in [6.45, 7) is 1.80. The fraction of sp³-hybridized carbons (Fsp3) is 0.458. The Kier molecular flexibility index (Phi) is 5.49. The summed E-state index contributed by atoms with van der Waals surface area (Å²) in [5.41, 5.74) is -0.203. The number of carbonyl (C=O) groups excluding carboxylic acids is 1. The SMILES string of the molecule is O=C(Nc1ccc(C2(O)COC2)cc1)N1CC2CC(Oc3ccc(C(F)(F)F)cc3)CC2C1. The van der Waals surface area contributed by atoms with Gasteiger partial charge in [0.1, 0.15) is 11.4 Å². The van der Waals surface area contributed by atoms with Gasteiger partial charge in [0, 0.05) is 18.8 Å². The molecule has 2 heterocycles. The second kappa shape index (κ2) is 8.22. The second-order valence-corrected chi connectivity index (χ2v) is 9.19. The molecule has 2 saturated heterocycles. The number of amides is 2. The number of benzene rings is 2. The predicted octanol–water partition coefficient (Wildman–Crippen LogP) is 4.24. The molecule has 5 rings (SSSR count). The summed E-state index contributed by atoms with van der Waals surface area (Å²) in [5, 5.41) is 13.2. The largest absolute Gasteiger partial charge is 0.490 e. The molecule has 2 unspecified atom stereocenters. The third-order valence-corrected chi connectivity index (χ3v) is 6.83. The number of nitrogens with zero attached hydrogens (tertiary/aromatic N) is 1. The van der Waals surface area contributed by atoms with Gasteiger partial charge in [-0.3, -0.25) is 0 Å². The van der Waals surface area contributed by atoms with Crippen LogP contribution >= 0.6 is 0 Å². The molecule has 9 heteroatoms. The number of alkyl halides is 3. The van der Waals surface area contributed by atoms with Crippen LogP contribution in [0.1, 0.15) is 24.0 Å². The molecule has 2 amide bonds. The molecule has 3 fully saturated rings. The van der Waals surface area contributed by atoms with Gasteiger partial charge in [0.25, 0.3) is 0 Å². The summed E-state index contributed by atoms with van der Waals surface area (Å²) < 4.78 is 49.1. The summed E-state index contributed by atoms with van der Waals surface area (Å²) in [4.78, 5) is 14.5. The predicted molar refractivity (Wildman–Crippen MR) is 114 cm³/mol. The van der Waals surface area contributed by atoms with Gasteiger partial charge in [-0.05, 0) is 66.6 Å². The van der Waals surface area contributed by atoms with Crippen molar-refractivity contribution in [3.8, 4) is 5.75 Å². The van der Waals surface area contributed by atoms with Crippen molar-refractivity contribution in [2.24, 2.45) is 11.8 Å². The van der Waals surface area contributed by atoms with Gasteiger partial charge in [-0.25, -0.2) is 4.79 Å². The molecule has 6 nitrogen and oxygen atoms in total. The van der Waals surface area contributed by atoms with Crippen LogP contribution in [0.4, 0.5) is 23.7 Å². The van der Waals surface area contributed by atoms with Crippen molar-refractivity contribution >= 4 is 11.7 Å². The van der Waals surface area contributed by atoms with Gasteiger partial charge < -0.3 is 24.8 Å². The van der Waals surface area contributed by atoms with E-state index in [1.54, 1.807) is 29.2 Å². The topological polar surface area (TPSA) is 71.0 Å². The molecule has 1 aliphatic carbocycles. The Balaban J connectivity index is 1.11. The highest BCUT2D eigenvalue weighted by molar-refractivity contribution is 5.89. The Morgan fingerprint density at radius 2 is 1.64 bits per heavy atom. The van der Waals surface area contributed by atoms with E-state index in [1.165, 1.54) is 12.1 Å². The molecule has 33 heavy (non-hydrogen) atoms. The van der Waals surface area contributed by atoms with Crippen molar-refractivity contribution in [3.05, 3.63) is 59.7 Å². The third-order valence-electron chi connectivity index (χ3n) is 6.83. The molecule has 2 aromatic carbocycles. The molecule has 0 bridgehead atoms. The molecule has 3 aliphatic rings. The van der Waals surface area contributed by atoms with Crippen LogP contribution in [0.5, 0.6) is 5.75 Å². The van der Waals surface area contributed by atoms with Gasteiger partial charge in [0.15, 0.2) is 0 Å². The second-order valence-electron chi connectivity index (χ2n) is 9.19. The number of hydrogen-bond acceptors (Lipinski definition) is 4. The number of hydrogen-bond donors (Lipinski definition) is 2. The van der Waals surface area contributed by atoms with Gasteiger partial charge in [0.05, 0.1) is 24.9 Å². The number of carbonyl (C=O) groups is 1. The van der Waals surface area contributed by atoms with Gasteiger partial charge >= 0.3 is 12.2 Å². The quantitative estimate of drug-likeness (QED) is 0.713. The molecule has 0 aromatic heterocycles. The minimum absolute atomic E-state index is 0.0595. The Labute approximate surface area is 189 Å². The first kappa shape index (κ1) is 22.0. The average molecular weight is 462 g/mol. The molecule has 2 N–H and O–H groups in total. The monoisotopic (exact) mass is 462 g/mol. The molecule has 2 aliphatic heterocycles. The lowest BCUT2D eigenvalue weighted by Crippen LogP contribution is -2.46.